The minimum atomic E-state index is -4.86. The van der Waals surface area contributed by atoms with Gasteiger partial charge in [-0.2, -0.15) is 5.10 Å². The van der Waals surface area contributed by atoms with Gasteiger partial charge in [-0.25, -0.2) is 4.68 Å². The number of rotatable bonds is 15. The molecule has 0 amide bonds. The Kier molecular flexibility index (Phi) is 11.2. The van der Waals surface area contributed by atoms with Crippen LogP contribution < -0.4 is 4.74 Å². The number of ether oxygens (including phenoxy) is 1. The lowest BCUT2D eigenvalue weighted by Gasteiger charge is -2.31. The molecule has 0 aliphatic carbocycles. The number of aromatic hydroxyl groups is 1. The van der Waals surface area contributed by atoms with Gasteiger partial charge >= 0.3 is 21.6 Å². The highest BCUT2D eigenvalue weighted by atomic mass is 31.2. The zero-order valence-electron chi connectivity index (χ0n) is 23.0. The van der Waals surface area contributed by atoms with Crippen LogP contribution in [-0.4, -0.2) is 53.1 Å². The molecule has 0 aliphatic rings. The molecule has 0 spiro atoms. The van der Waals surface area contributed by atoms with Crippen molar-refractivity contribution in [2.45, 2.75) is 45.9 Å². The fraction of sp³-hybridized carbons (Fsp3) is 0.423. The maximum Gasteiger partial charge on any atom is 0.573 e. The number of phenolic OH excluding ortho intramolecular Hbond substituents is 1. The largest absolute Gasteiger partial charge is 0.573 e. The molecule has 10 nitrogen and oxygen atoms in total. The molecule has 1 aromatic heterocycles. The average Bonchev–Trinajstić information content (AvgIpc) is 3.31. The second-order valence-electron chi connectivity index (χ2n) is 8.42. The molecular weight excluding hydrogens is 587 g/mol. The summed E-state index contributed by atoms with van der Waals surface area (Å²) < 4.78 is 93.9. The van der Waals surface area contributed by atoms with Gasteiger partial charge in [-0.15, -0.1) is 13.2 Å². The van der Waals surface area contributed by atoms with E-state index >= 15 is 0 Å². The lowest BCUT2D eigenvalue weighted by atomic mass is 10.0. The standard InChI is InChI=1S/C26H33F3N2O8P2/c1-5-35-40(33,36-6-2)24(41(34,37-7-3)38-8-4)17-19-18-30-31(25(19)22-11-9-10-12-23(22)32)20-13-15-21(16-14-20)39-26(27,28)29/h9-16,18,24,32H,5-8,17H2,1-4H3. The van der Waals surface area contributed by atoms with E-state index in [0.717, 1.165) is 12.1 Å². The van der Waals surface area contributed by atoms with E-state index in [1.807, 2.05) is 0 Å². The molecule has 0 radical (unpaired) electrons. The van der Waals surface area contributed by atoms with Crippen molar-refractivity contribution < 1.29 is 50.2 Å². The number of para-hydroxylation sites is 1. The third-order valence-electron chi connectivity index (χ3n) is 5.69. The number of halogens is 3. The van der Waals surface area contributed by atoms with Crippen LogP contribution in [0.5, 0.6) is 11.5 Å². The lowest BCUT2D eigenvalue weighted by Crippen LogP contribution is -2.20. The van der Waals surface area contributed by atoms with Crippen molar-refractivity contribution in [3.05, 3.63) is 60.3 Å². The van der Waals surface area contributed by atoms with Crippen LogP contribution in [0.1, 0.15) is 33.3 Å². The van der Waals surface area contributed by atoms with Crippen LogP contribution in [0.15, 0.2) is 54.7 Å². The van der Waals surface area contributed by atoms with Gasteiger partial charge < -0.3 is 27.9 Å². The van der Waals surface area contributed by atoms with E-state index in [-0.39, 0.29) is 38.6 Å². The Morgan fingerprint density at radius 3 is 1.83 bits per heavy atom. The van der Waals surface area contributed by atoms with E-state index < -0.39 is 32.7 Å². The lowest BCUT2D eigenvalue weighted by molar-refractivity contribution is -0.274. The van der Waals surface area contributed by atoms with Crippen molar-refractivity contribution in [3.8, 4) is 28.4 Å². The number of hydrogen-bond acceptors (Lipinski definition) is 9. The van der Waals surface area contributed by atoms with Gasteiger partial charge in [-0.1, -0.05) is 12.1 Å². The van der Waals surface area contributed by atoms with Gasteiger partial charge in [0.15, 0.2) is 5.40 Å². The van der Waals surface area contributed by atoms with Crippen molar-refractivity contribution >= 4 is 15.2 Å². The van der Waals surface area contributed by atoms with E-state index in [0.29, 0.717) is 22.5 Å². The maximum absolute atomic E-state index is 14.1. The predicted octanol–water partition coefficient (Wildman–Crippen LogP) is 7.54. The summed E-state index contributed by atoms with van der Waals surface area (Å²) in [5, 5.41) is 13.8. The van der Waals surface area contributed by atoms with Crippen molar-refractivity contribution in [1.82, 2.24) is 9.78 Å². The molecule has 0 atom stereocenters. The third-order valence-corrected chi connectivity index (χ3v) is 11.7. The van der Waals surface area contributed by atoms with Gasteiger partial charge in [-0.3, -0.25) is 9.13 Å². The first-order chi connectivity index (χ1) is 19.4. The Labute approximate surface area is 236 Å². The van der Waals surface area contributed by atoms with Crippen molar-refractivity contribution in [2.75, 3.05) is 26.4 Å². The molecule has 15 heteroatoms. The molecule has 2 aromatic carbocycles. The van der Waals surface area contributed by atoms with E-state index in [2.05, 4.69) is 9.84 Å². The summed E-state index contributed by atoms with van der Waals surface area (Å²) >= 11 is 0. The highest BCUT2D eigenvalue weighted by Gasteiger charge is 2.51. The Balaban J connectivity index is 2.21. The summed E-state index contributed by atoms with van der Waals surface area (Å²) in [7, 11) is -8.25. The summed E-state index contributed by atoms with van der Waals surface area (Å²) in [5.41, 5.74) is 1.30. The minimum absolute atomic E-state index is 0.00995. The molecule has 1 N–H and O–H groups in total. The number of alkyl halides is 3. The molecule has 1 heterocycles. The van der Waals surface area contributed by atoms with Crippen LogP contribution >= 0.6 is 15.2 Å². The molecule has 0 aliphatic heterocycles. The minimum Gasteiger partial charge on any atom is -0.507 e. The molecule has 0 fully saturated rings. The quantitative estimate of drug-likeness (QED) is 0.172. The smallest absolute Gasteiger partial charge is 0.507 e. The summed E-state index contributed by atoms with van der Waals surface area (Å²) in [6.07, 6.45) is -3.67. The zero-order chi connectivity index (χ0) is 30.3. The molecule has 0 unspecified atom stereocenters. The Bertz CT molecular complexity index is 1330. The number of hydrogen-bond donors (Lipinski definition) is 1. The second-order valence-corrected chi connectivity index (χ2v) is 13.3. The Morgan fingerprint density at radius 1 is 0.854 bits per heavy atom. The van der Waals surface area contributed by atoms with Gasteiger partial charge in [0.25, 0.3) is 0 Å². The first-order valence-corrected chi connectivity index (χ1v) is 16.1. The maximum atomic E-state index is 14.1. The number of benzene rings is 2. The van der Waals surface area contributed by atoms with Crippen LogP contribution in [-0.2, 0) is 33.6 Å². The summed E-state index contributed by atoms with van der Waals surface area (Å²) in [4.78, 5) is 0. The molecular formula is C26H33F3N2O8P2. The summed E-state index contributed by atoms with van der Waals surface area (Å²) in [6, 6.07) is 11.3. The van der Waals surface area contributed by atoms with E-state index in [1.165, 1.54) is 29.1 Å². The van der Waals surface area contributed by atoms with Crippen molar-refractivity contribution in [2.24, 2.45) is 0 Å². The molecule has 41 heavy (non-hydrogen) atoms. The normalized spacial score (nSPS) is 12.7. The second kappa shape index (κ2) is 14.0. The van der Waals surface area contributed by atoms with E-state index in [1.54, 1.807) is 45.9 Å². The number of aromatic nitrogens is 2. The van der Waals surface area contributed by atoms with Crippen LogP contribution in [0.4, 0.5) is 13.2 Å². The fourth-order valence-corrected chi connectivity index (χ4v) is 9.51. The van der Waals surface area contributed by atoms with Gasteiger partial charge in [0, 0.05) is 17.5 Å². The van der Waals surface area contributed by atoms with Crippen molar-refractivity contribution in [3.63, 3.8) is 0 Å². The molecule has 3 aromatic rings. The average molecular weight is 620 g/mol. The van der Waals surface area contributed by atoms with Crippen LogP contribution in [0.2, 0.25) is 0 Å². The summed E-state index contributed by atoms with van der Waals surface area (Å²) in [6.45, 7) is 6.43. The SMILES string of the molecule is CCOP(=O)(OCC)C(Cc1cnn(-c2ccc(OC(F)(F)F)cc2)c1-c1ccccc1O)P(=O)(OCC)OCC. The highest BCUT2D eigenvalue weighted by Crippen LogP contribution is 2.71. The zero-order valence-corrected chi connectivity index (χ0v) is 24.8. The molecule has 3 rings (SSSR count). The molecule has 0 bridgehead atoms. The molecule has 226 valence electrons. The molecule has 0 saturated carbocycles. The fourth-order valence-electron chi connectivity index (χ4n) is 4.21. The number of phenols is 1. The van der Waals surface area contributed by atoms with Crippen LogP contribution in [0, 0.1) is 0 Å². The summed E-state index contributed by atoms with van der Waals surface area (Å²) in [5.74, 6) is -0.554. The third kappa shape index (κ3) is 8.00. The van der Waals surface area contributed by atoms with Gasteiger partial charge in [0.1, 0.15) is 11.5 Å². The first-order valence-electron chi connectivity index (χ1n) is 12.9. The first kappa shape index (κ1) is 32.8. The topological polar surface area (TPSA) is 118 Å². The van der Waals surface area contributed by atoms with Gasteiger partial charge in [-0.05, 0) is 64.1 Å². The monoisotopic (exact) mass is 620 g/mol. The predicted molar refractivity (Wildman–Crippen MR) is 147 cm³/mol. The molecule has 0 saturated heterocycles. The Hall–Kier alpha value is -2.66. The highest BCUT2D eigenvalue weighted by molar-refractivity contribution is 7.72. The van der Waals surface area contributed by atoms with Crippen LogP contribution in [0.3, 0.4) is 0 Å². The van der Waals surface area contributed by atoms with Crippen LogP contribution in [0.25, 0.3) is 16.9 Å². The van der Waals surface area contributed by atoms with Gasteiger partial charge in [0.2, 0.25) is 0 Å². The van der Waals surface area contributed by atoms with E-state index in [9.17, 15) is 27.4 Å². The Morgan fingerprint density at radius 2 is 1.37 bits per heavy atom. The van der Waals surface area contributed by atoms with E-state index in [4.69, 9.17) is 18.1 Å². The van der Waals surface area contributed by atoms with Crippen molar-refractivity contribution in [1.29, 1.82) is 0 Å². The number of nitrogens with zero attached hydrogens (tertiary/aromatic N) is 2. The van der Waals surface area contributed by atoms with Gasteiger partial charge in [0.05, 0.1) is 44.0 Å².